The molecule has 0 bridgehead atoms. The molecule has 2 N–H and O–H groups in total. The van der Waals surface area contributed by atoms with Gasteiger partial charge in [0.25, 0.3) is 0 Å². The molecule has 154 valence electrons. The summed E-state index contributed by atoms with van der Waals surface area (Å²) in [5.41, 5.74) is 1.78. The highest BCUT2D eigenvalue weighted by Crippen LogP contribution is 2.28. The Kier molecular flexibility index (Phi) is 6.19. The van der Waals surface area contributed by atoms with E-state index in [1.807, 2.05) is 12.1 Å². The van der Waals surface area contributed by atoms with E-state index in [0.29, 0.717) is 18.7 Å². The van der Waals surface area contributed by atoms with Crippen molar-refractivity contribution in [2.45, 2.75) is 31.2 Å². The van der Waals surface area contributed by atoms with Crippen LogP contribution in [0.15, 0.2) is 47.4 Å². The minimum absolute atomic E-state index is 0.00734. The molecule has 0 aromatic heterocycles. The Morgan fingerprint density at radius 3 is 2.66 bits per heavy atom. The molecule has 3 rings (SSSR count). The third-order valence-electron chi connectivity index (χ3n) is 4.55. The monoisotopic (exact) mass is 417 g/mol. The number of ether oxygens (including phenoxy) is 1. The second-order valence-corrected chi connectivity index (χ2v) is 8.45. The fourth-order valence-electron chi connectivity index (χ4n) is 3.16. The van der Waals surface area contributed by atoms with Crippen LogP contribution in [-0.2, 0) is 26.2 Å². The molecule has 0 saturated carbocycles. The number of hydrogen-bond donors (Lipinski definition) is 2. The van der Waals surface area contributed by atoms with Crippen molar-refractivity contribution >= 4 is 33.2 Å². The van der Waals surface area contributed by atoms with Gasteiger partial charge in [0.15, 0.2) is 0 Å². The zero-order chi connectivity index (χ0) is 21.0. The smallest absolute Gasteiger partial charge is 0.240 e. The molecule has 2 aromatic rings. The first-order valence-electron chi connectivity index (χ1n) is 9.15. The lowest BCUT2D eigenvalue weighted by Crippen LogP contribution is -2.25. The number of hydrogen-bond acceptors (Lipinski definition) is 5. The van der Waals surface area contributed by atoms with E-state index in [4.69, 9.17) is 4.74 Å². The lowest BCUT2D eigenvalue weighted by Gasteiger charge is -2.17. The fraction of sp³-hybridized carbons (Fsp3) is 0.300. The number of carbonyl (C=O) groups excluding carboxylic acids is 2. The molecule has 1 aliphatic heterocycles. The van der Waals surface area contributed by atoms with Gasteiger partial charge in [-0.2, -0.15) is 0 Å². The van der Waals surface area contributed by atoms with Crippen LogP contribution in [0.25, 0.3) is 0 Å². The van der Waals surface area contributed by atoms with Crippen molar-refractivity contribution in [1.82, 2.24) is 4.72 Å². The van der Waals surface area contributed by atoms with Crippen LogP contribution in [0.4, 0.5) is 11.4 Å². The molecular weight excluding hydrogens is 394 g/mol. The summed E-state index contributed by atoms with van der Waals surface area (Å²) in [4.78, 5) is 25.0. The van der Waals surface area contributed by atoms with E-state index >= 15 is 0 Å². The molecule has 9 heteroatoms. The summed E-state index contributed by atoms with van der Waals surface area (Å²) in [5.74, 6) is 0.104. The second-order valence-electron chi connectivity index (χ2n) is 6.69. The number of nitrogens with zero attached hydrogens (tertiary/aromatic N) is 1. The van der Waals surface area contributed by atoms with Gasteiger partial charge in [-0.15, -0.1) is 0 Å². The fourth-order valence-corrected chi connectivity index (χ4v) is 4.20. The first-order chi connectivity index (χ1) is 13.8. The maximum absolute atomic E-state index is 12.7. The molecule has 29 heavy (non-hydrogen) atoms. The SMILES string of the molecule is COc1ccc(S(=O)(=O)NCc2cccc(N3CCCC3=O)c2)cc1NC(C)=O. The van der Waals surface area contributed by atoms with Gasteiger partial charge >= 0.3 is 0 Å². The van der Waals surface area contributed by atoms with Gasteiger partial charge in [-0.3, -0.25) is 9.59 Å². The van der Waals surface area contributed by atoms with Crippen LogP contribution < -0.4 is 19.7 Å². The molecule has 0 spiro atoms. The number of sulfonamides is 1. The summed E-state index contributed by atoms with van der Waals surface area (Å²) in [5, 5.41) is 2.56. The molecule has 0 unspecified atom stereocenters. The average Bonchev–Trinajstić information content (AvgIpc) is 3.12. The van der Waals surface area contributed by atoms with Crippen LogP contribution in [0.3, 0.4) is 0 Å². The molecule has 2 aromatic carbocycles. The molecule has 1 heterocycles. The normalized spacial score (nSPS) is 14.1. The molecule has 0 aliphatic carbocycles. The summed E-state index contributed by atoms with van der Waals surface area (Å²) in [6.45, 7) is 2.07. The zero-order valence-corrected chi connectivity index (χ0v) is 17.1. The van der Waals surface area contributed by atoms with Crippen LogP contribution in [0.5, 0.6) is 5.75 Å². The number of benzene rings is 2. The number of carbonyl (C=O) groups is 2. The number of amides is 2. The van der Waals surface area contributed by atoms with E-state index in [1.54, 1.807) is 17.0 Å². The maximum Gasteiger partial charge on any atom is 0.240 e. The molecule has 1 aliphatic rings. The van der Waals surface area contributed by atoms with E-state index in [9.17, 15) is 18.0 Å². The van der Waals surface area contributed by atoms with Crippen molar-refractivity contribution in [1.29, 1.82) is 0 Å². The Bertz CT molecular complexity index is 1040. The van der Waals surface area contributed by atoms with Crippen LogP contribution in [-0.4, -0.2) is 33.9 Å². The predicted octanol–water partition coefficient (Wildman–Crippen LogP) is 2.26. The summed E-state index contributed by atoms with van der Waals surface area (Å²) >= 11 is 0. The maximum atomic E-state index is 12.7. The van der Waals surface area contributed by atoms with Crippen LogP contribution in [0.1, 0.15) is 25.3 Å². The minimum Gasteiger partial charge on any atom is -0.495 e. The van der Waals surface area contributed by atoms with Gasteiger partial charge in [-0.25, -0.2) is 13.1 Å². The van der Waals surface area contributed by atoms with Crippen molar-refractivity contribution in [2.75, 3.05) is 23.9 Å². The van der Waals surface area contributed by atoms with Gasteiger partial charge in [0, 0.05) is 32.1 Å². The highest BCUT2D eigenvalue weighted by molar-refractivity contribution is 7.89. The Balaban J connectivity index is 1.76. The van der Waals surface area contributed by atoms with E-state index in [0.717, 1.165) is 17.7 Å². The Morgan fingerprint density at radius 1 is 1.21 bits per heavy atom. The summed E-state index contributed by atoms with van der Waals surface area (Å²) < 4.78 is 33.1. The number of rotatable bonds is 7. The van der Waals surface area contributed by atoms with E-state index < -0.39 is 10.0 Å². The van der Waals surface area contributed by atoms with Crippen molar-refractivity contribution in [3.05, 3.63) is 48.0 Å². The highest BCUT2D eigenvalue weighted by Gasteiger charge is 2.22. The predicted molar refractivity (Wildman–Crippen MR) is 109 cm³/mol. The van der Waals surface area contributed by atoms with Gasteiger partial charge in [-0.05, 0) is 42.3 Å². The average molecular weight is 417 g/mol. The molecule has 1 fully saturated rings. The highest BCUT2D eigenvalue weighted by atomic mass is 32.2. The van der Waals surface area contributed by atoms with Crippen LogP contribution >= 0.6 is 0 Å². The van der Waals surface area contributed by atoms with Crippen LogP contribution in [0, 0.1) is 0 Å². The van der Waals surface area contributed by atoms with Gasteiger partial charge in [0.2, 0.25) is 21.8 Å². The first kappa shape index (κ1) is 20.8. The second kappa shape index (κ2) is 8.62. The molecule has 1 saturated heterocycles. The molecule has 0 radical (unpaired) electrons. The largest absolute Gasteiger partial charge is 0.495 e. The van der Waals surface area contributed by atoms with Crippen molar-refractivity contribution in [3.8, 4) is 5.75 Å². The summed E-state index contributed by atoms with van der Waals surface area (Å²) in [7, 11) is -2.39. The molecule has 8 nitrogen and oxygen atoms in total. The van der Waals surface area contributed by atoms with Gasteiger partial charge < -0.3 is 15.0 Å². The third-order valence-corrected chi connectivity index (χ3v) is 5.95. The topological polar surface area (TPSA) is 105 Å². The summed E-state index contributed by atoms with van der Waals surface area (Å²) in [6, 6.07) is 11.5. The first-order valence-corrected chi connectivity index (χ1v) is 10.6. The molecule has 0 atom stereocenters. The quantitative estimate of drug-likeness (QED) is 0.719. The van der Waals surface area contributed by atoms with Crippen molar-refractivity contribution in [2.24, 2.45) is 0 Å². The molecule has 2 amide bonds. The Labute approximate surface area is 169 Å². The Morgan fingerprint density at radius 2 is 2.00 bits per heavy atom. The lowest BCUT2D eigenvalue weighted by atomic mass is 10.2. The lowest BCUT2D eigenvalue weighted by molar-refractivity contribution is -0.117. The van der Waals surface area contributed by atoms with Crippen LogP contribution in [0.2, 0.25) is 0 Å². The van der Waals surface area contributed by atoms with Gasteiger partial charge in [0.05, 0.1) is 17.7 Å². The van der Waals surface area contributed by atoms with Crippen molar-refractivity contribution in [3.63, 3.8) is 0 Å². The minimum atomic E-state index is -3.82. The zero-order valence-electron chi connectivity index (χ0n) is 16.3. The summed E-state index contributed by atoms with van der Waals surface area (Å²) in [6.07, 6.45) is 1.36. The number of nitrogens with one attached hydrogen (secondary N) is 2. The van der Waals surface area contributed by atoms with E-state index in [2.05, 4.69) is 10.0 Å². The standard InChI is InChI=1S/C20H23N3O5S/c1-14(24)22-18-12-17(8-9-19(18)28-2)29(26,27)21-13-15-5-3-6-16(11-15)23-10-4-7-20(23)25/h3,5-6,8-9,11-12,21H,4,7,10,13H2,1-2H3,(H,22,24). The Hall–Kier alpha value is -2.91. The third kappa shape index (κ3) is 4.93. The van der Waals surface area contributed by atoms with Gasteiger partial charge in [0.1, 0.15) is 5.75 Å². The number of anilines is 2. The van der Waals surface area contributed by atoms with E-state index in [-0.39, 0.29) is 28.9 Å². The van der Waals surface area contributed by atoms with Crippen molar-refractivity contribution < 1.29 is 22.7 Å². The van der Waals surface area contributed by atoms with E-state index in [1.165, 1.54) is 32.2 Å². The number of methoxy groups -OCH3 is 1. The molecular formula is C20H23N3O5S. The van der Waals surface area contributed by atoms with Gasteiger partial charge in [-0.1, -0.05) is 12.1 Å².